The Morgan fingerprint density at radius 1 is 1.50 bits per heavy atom. The average molecular weight is 227 g/mol. The molecule has 0 aliphatic carbocycles. The number of hydrogen-bond acceptors (Lipinski definition) is 5. The molecule has 1 rings (SSSR count). The SMILES string of the molecule is CC(C)(C)c1nc(NCCCC(=O)O)no1. The number of hydrogen-bond donors (Lipinski definition) is 2. The van der Waals surface area contributed by atoms with Gasteiger partial charge < -0.3 is 14.9 Å². The molecule has 1 aromatic heterocycles. The van der Waals surface area contributed by atoms with Gasteiger partial charge in [-0.3, -0.25) is 4.79 Å². The van der Waals surface area contributed by atoms with E-state index in [1.54, 1.807) is 0 Å². The monoisotopic (exact) mass is 227 g/mol. The molecule has 90 valence electrons. The molecule has 1 heterocycles. The summed E-state index contributed by atoms with van der Waals surface area (Å²) in [6.07, 6.45) is 0.672. The normalized spacial score (nSPS) is 11.4. The Labute approximate surface area is 94.0 Å². The van der Waals surface area contributed by atoms with Crippen LogP contribution in [0.2, 0.25) is 0 Å². The van der Waals surface area contributed by atoms with Crippen molar-refractivity contribution in [3.63, 3.8) is 0 Å². The van der Waals surface area contributed by atoms with Gasteiger partial charge in [-0.05, 0) is 11.6 Å². The van der Waals surface area contributed by atoms with Gasteiger partial charge in [-0.1, -0.05) is 20.8 Å². The molecule has 2 N–H and O–H groups in total. The zero-order valence-electron chi connectivity index (χ0n) is 9.78. The summed E-state index contributed by atoms with van der Waals surface area (Å²) in [7, 11) is 0. The van der Waals surface area contributed by atoms with E-state index in [0.717, 1.165) is 0 Å². The molecule has 0 bridgehead atoms. The molecule has 6 nitrogen and oxygen atoms in total. The summed E-state index contributed by atoms with van der Waals surface area (Å²) in [4.78, 5) is 14.4. The van der Waals surface area contributed by atoms with Crippen LogP contribution < -0.4 is 5.32 Å². The summed E-state index contributed by atoms with van der Waals surface area (Å²) in [5, 5.41) is 15.1. The van der Waals surface area contributed by atoms with E-state index >= 15 is 0 Å². The highest BCUT2D eigenvalue weighted by atomic mass is 16.5. The Morgan fingerprint density at radius 3 is 2.69 bits per heavy atom. The highest BCUT2D eigenvalue weighted by molar-refractivity contribution is 5.66. The molecule has 0 saturated carbocycles. The summed E-state index contributed by atoms with van der Waals surface area (Å²) in [5.74, 6) is 0.175. The van der Waals surface area contributed by atoms with Crippen LogP contribution in [0.5, 0.6) is 0 Å². The Hall–Kier alpha value is -1.59. The third-order valence-corrected chi connectivity index (χ3v) is 1.92. The summed E-state index contributed by atoms with van der Waals surface area (Å²) >= 11 is 0. The van der Waals surface area contributed by atoms with Crippen LogP contribution in [0.4, 0.5) is 5.95 Å². The Bertz CT molecular complexity index is 354. The van der Waals surface area contributed by atoms with E-state index in [2.05, 4.69) is 15.5 Å². The Morgan fingerprint density at radius 2 is 2.19 bits per heavy atom. The maximum absolute atomic E-state index is 10.3. The van der Waals surface area contributed by atoms with E-state index in [4.69, 9.17) is 9.63 Å². The van der Waals surface area contributed by atoms with Crippen molar-refractivity contribution >= 4 is 11.9 Å². The molecule has 0 amide bonds. The van der Waals surface area contributed by atoms with Gasteiger partial charge in [-0.25, -0.2) is 0 Å². The zero-order chi connectivity index (χ0) is 12.2. The van der Waals surface area contributed by atoms with E-state index in [1.165, 1.54) is 0 Å². The molecular formula is C10H17N3O3. The smallest absolute Gasteiger partial charge is 0.303 e. The highest BCUT2D eigenvalue weighted by Gasteiger charge is 2.21. The predicted molar refractivity (Wildman–Crippen MR) is 58.4 cm³/mol. The number of nitrogens with one attached hydrogen (secondary N) is 1. The maximum atomic E-state index is 10.3. The number of carboxylic acid groups (broad SMARTS) is 1. The fourth-order valence-corrected chi connectivity index (χ4v) is 1.04. The van der Waals surface area contributed by atoms with Gasteiger partial charge >= 0.3 is 5.97 Å². The quantitative estimate of drug-likeness (QED) is 0.743. The predicted octanol–water partition coefficient (Wildman–Crippen LogP) is 1.64. The number of nitrogens with zero attached hydrogens (tertiary/aromatic N) is 2. The van der Waals surface area contributed by atoms with E-state index in [9.17, 15) is 4.79 Å². The van der Waals surface area contributed by atoms with Gasteiger partial charge in [0.2, 0.25) is 5.89 Å². The lowest BCUT2D eigenvalue weighted by atomic mass is 9.97. The minimum absolute atomic E-state index is 0.136. The van der Waals surface area contributed by atoms with Gasteiger partial charge in [0, 0.05) is 18.4 Å². The van der Waals surface area contributed by atoms with Crippen molar-refractivity contribution in [2.45, 2.75) is 39.0 Å². The second kappa shape index (κ2) is 4.96. The van der Waals surface area contributed by atoms with Crippen LogP contribution in [0.1, 0.15) is 39.5 Å². The molecule has 0 spiro atoms. The van der Waals surface area contributed by atoms with Gasteiger partial charge in [-0.15, -0.1) is 0 Å². The number of anilines is 1. The van der Waals surface area contributed by atoms with Crippen LogP contribution in [0.15, 0.2) is 4.52 Å². The number of carbonyl (C=O) groups is 1. The second-order valence-corrected chi connectivity index (χ2v) is 4.60. The molecular weight excluding hydrogens is 210 g/mol. The first kappa shape index (κ1) is 12.5. The lowest BCUT2D eigenvalue weighted by Crippen LogP contribution is -2.12. The van der Waals surface area contributed by atoms with Crippen LogP contribution in [0.3, 0.4) is 0 Å². The van der Waals surface area contributed by atoms with Gasteiger partial charge in [-0.2, -0.15) is 4.98 Å². The highest BCUT2D eigenvalue weighted by Crippen LogP contribution is 2.20. The molecule has 0 aliphatic heterocycles. The fourth-order valence-electron chi connectivity index (χ4n) is 1.04. The lowest BCUT2D eigenvalue weighted by Gasteiger charge is -2.10. The van der Waals surface area contributed by atoms with Crippen molar-refractivity contribution in [2.24, 2.45) is 0 Å². The molecule has 0 saturated heterocycles. The maximum Gasteiger partial charge on any atom is 0.303 e. The molecule has 0 aliphatic rings. The number of rotatable bonds is 5. The Kier molecular flexibility index (Phi) is 3.87. The molecule has 1 aromatic rings. The number of aliphatic carboxylic acids is 1. The van der Waals surface area contributed by atoms with E-state index < -0.39 is 5.97 Å². The summed E-state index contributed by atoms with van der Waals surface area (Å²) in [5.41, 5.74) is -0.173. The van der Waals surface area contributed by atoms with Crippen molar-refractivity contribution in [3.05, 3.63) is 5.89 Å². The third-order valence-electron chi connectivity index (χ3n) is 1.92. The van der Waals surface area contributed by atoms with Crippen molar-refractivity contribution in [2.75, 3.05) is 11.9 Å². The van der Waals surface area contributed by atoms with E-state index in [1.807, 2.05) is 20.8 Å². The van der Waals surface area contributed by atoms with Gasteiger partial charge in [0.25, 0.3) is 5.95 Å². The number of carboxylic acids is 1. The van der Waals surface area contributed by atoms with Crippen LogP contribution in [0.25, 0.3) is 0 Å². The minimum Gasteiger partial charge on any atom is -0.481 e. The van der Waals surface area contributed by atoms with Gasteiger partial charge in [0.05, 0.1) is 0 Å². The van der Waals surface area contributed by atoms with Crippen molar-refractivity contribution in [3.8, 4) is 0 Å². The lowest BCUT2D eigenvalue weighted by molar-refractivity contribution is -0.137. The zero-order valence-corrected chi connectivity index (χ0v) is 9.78. The van der Waals surface area contributed by atoms with Crippen molar-refractivity contribution < 1.29 is 14.4 Å². The van der Waals surface area contributed by atoms with Gasteiger partial charge in [0.15, 0.2) is 0 Å². The summed E-state index contributed by atoms with van der Waals surface area (Å²) in [6.45, 7) is 6.47. The Balaban J connectivity index is 2.38. The molecule has 0 aromatic carbocycles. The summed E-state index contributed by atoms with van der Waals surface area (Å²) < 4.78 is 5.07. The van der Waals surface area contributed by atoms with Crippen LogP contribution in [-0.2, 0) is 10.2 Å². The third kappa shape index (κ3) is 3.88. The standard InChI is InChI=1S/C10H17N3O3/c1-10(2,3)8-12-9(13-16-8)11-6-4-5-7(14)15/h4-6H2,1-3H3,(H,11,13)(H,14,15). The second-order valence-electron chi connectivity index (χ2n) is 4.60. The van der Waals surface area contributed by atoms with Crippen molar-refractivity contribution in [1.29, 1.82) is 0 Å². The largest absolute Gasteiger partial charge is 0.481 e. The van der Waals surface area contributed by atoms with Gasteiger partial charge in [0.1, 0.15) is 0 Å². The first-order valence-corrected chi connectivity index (χ1v) is 5.19. The molecule has 0 radical (unpaired) electrons. The van der Waals surface area contributed by atoms with Crippen LogP contribution in [-0.4, -0.2) is 27.8 Å². The topological polar surface area (TPSA) is 88.2 Å². The van der Waals surface area contributed by atoms with Crippen LogP contribution >= 0.6 is 0 Å². The first-order valence-electron chi connectivity index (χ1n) is 5.19. The molecule has 16 heavy (non-hydrogen) atoms. The molecule has 6 heteroatoms. The average Bonchev–Trinajstić information content (AvgIpc) is 2.59. The first-order chi connectivity index (χ1) is 7.39. The van der Waals surface area contributed by atoms with E-state index in [-0.39, 0.29) is 11.8 Å². The fraction of sp³-hybridized carbons (Fsp3) is 0.700. The molecule has 0 unspecified atom stereocenters. The summed E-state index contributed by atoms with van der Waals surface area (Å²) in [6, 6.07) is 0. The molecule has 0 atom stereocenters. The minimum atomic E-state index is -0.801. The number of aromatic nitrogens is 2. The van der Waals surface area contributed by atoms with Crippen molar-refractivity contribution in [1.82, 2.24) is 10.1 Å². The van der Waals surface area contributed by atoms with E-state index in [0.29, 0.717) is 24.8 Å². The molecule has 0 fully saturated rings. The van der Waals surface area contributed by atoms with Crippen LogP contribution in [0, 0.1) is 0 Å².